The van der Waals surface area contributed by atoms with Crippen molar-refractivity contribution in [1.82, 2.24) is 4.90 Å². The fraction of sp³-hybridized carbons (Fsp3) is 0.263. The minimum absolute atomic E-state index is 0.0449. The van der Waals surface area contributed by atoms with Gasteiger partial charge in [-0.2, -0.15) is 13.2 Å². The number of amides is 2. The lowest BCUT2D eigenvalue weighted by molar-refractivity contribution is -0.185. The summed E-state index contributed by atoms with van der Waals surface area (Å²) in [5.74, 6) is -2.12. The smallest absolute Gasteiger partial charge is 0.367 e. The van der Waals surface area contributed by atoms with Crippen LogP contribution in [0.4, 0.5) is 24.5 Å². The molecular weight excluding hydrogens is 475 g/mol. The van der Waals surface area contributed by atoms with Crippen LogP contribution in [0.2, 0.25) is 5.02 Å². The second-order valence-electron chi connectivity index (χ2n) is 6.40. The second kappa shape index (κ2) is 8.62. The first-order chi connectivity index (χ1) is 13.6. The van der Waals surface area contributed by atoms with E-state index in [1.807, 2.05) is 4.90 Å². The van der Waals surface area contributed by atoms with Crippen LogP contribution in [0.25, 0.3) is 0 Å². The van der Waals surface area contributed by atoms with Crippen molar-refractivity contribution in [3.63, 3.8) is 0 Å². The number of alkyl halides is 3. The molecule has 3 rings (SSSR count). The molecule has 1 saturated heterocycles. The quantitative estimate of drug-likeness (QED) is 0.686. The number of nitrogens with zero attached hydrogens (tertiary/aromatic N) is 2. The van der Waals surface area contributed by atoms with Gasteiger partial charge in [0, 0.05) is 41.9 Å². The van der Waals surface area contributed by atoms with Crippen molar-refractivity contribution in [2.75, 3.05) is 36.4 Å². The minimum Gasteiger partial charge on any atom is -0.367 e. The summed E-state index contributed by atoms with van der Waals surface area (Å²) in [4.78, 5) is 26.2. The average molecular weight is 491 g/mol. The van der Waals surface area contributed by atoms with E-state index in [2.05, 4.69) is 21.2 Å². The summed E-state index contributed by atoms with van der Waals surface area (Å²) in [5.41, 5.74) is 1.61. The van der Waals surface area contributed by atoms with Gasteiger partial charge in [0.1, 0.15) is 0 Å². The van der Waals surface area contributed by atoms with Gasteiger partial charge in [-0.3, -0.25) is 9.59 Å². The van der Waals surface area contributed by atoms with Gasteiger partial charge in [-0.15, -0.1) is 0 Å². The van der Waals surface area contributed by atoms with Gasteiger partial charge >= 0.3 is 12.1 Å². The van der Waals surface area contributed by atoms with Crippen molar-refractivity contribution in [3.05, 3.63) is 57.5 Å². The molecule has 1 aliphatic rings. The molecule has 1 heterocycles. The third-order valence-corrected chi connectivity index (χ3v) is 5.29. The standard InChI is InChI=1S/C19H16BrClF3N3O2/c20-13-3-1-12(2-4-13)17(28)25-14-5-6-16(15(21)11-14)26-7-9-27(10-8-26)18(29)19(22,23)24/h1-6,11H,7-10H2,(H,25,28). The summed E-state index contributed by atoms with van der Waals surface area (Å²) in [6, 6.07) is 11.8. The van der Waals surface area contributed by atoms with Crippen LogP contribution in [-0.2, 0) is 4.79 Å². The molecule has 2 aromatic carbocycles. The van der Waals surface area contributed by atoms with Crippen molar-refractivity contribution < 1.29 is 22.8 Å². The molecule has 154 valence electrons. The highest BCUT2D eigenvalue weighted by molar-refractivity contribution is 9.10. The molecule has 2 amide bonds. The fourth-order valence-electron chi connectivity index (χ4n) is 2.98. The first-order valence-electron chi connectivity index (χ1n) is 8.62. The van der Waals surface area contributed by atoms with E-state index in [9.17, 15) is 22.8 Å². The second-order valence-corrected chi connectivity index (χ2v) is 7.73. The molecule has 1 aliphatic heterocycles. The number of piperazine rings is 1. The number of carbonyl (C=O) groups is 2. The number of hydrogen-bond donors (Lipinski definition) is 1. The van der Waals surface area contributed by atoms with Gasteiger partial charge in [0.25, 0.3) is 5.91 Å². The number of benzene rings is 2. The Labute approximate surface area is 178 Å². The number of hydrogen-bond acceptors (Lipinski definition) is 3. The zero-order chi connectivity index (χ0) is 21.2. The van der Waals surface area contributed by atoms with E-state index in [0.29, 0.717) is 22.0 Å². The number of anilines is 2. The van der Waals surface area contributed by atoms with E-state index >= 15 is 0 Å². The molecule has 0 atom stereocenters. The molecule has 10 heteroatoms. The predicted molar refractivity (Wildman–Crippen MR) is 108 cm³/mol. The third kappa shape index (κ3) is 5.22. The highest BCUT2D eigenvalue weighted by Gasteiger charge is 2.43. The molecule has 0 aliphatic carbocycles. The number of nitrogens with one attached hydrogen (secondary N) is 1. The molecule has 0 aromatic heterocycles. The van der Waals surface area contributed by atoms with E-state index in [1.165, 1.54) is 0 Å². The van der Waals surface area contributed by atoms with Crippen molar-refractivity contribution in [3.8, 4) is 0 Å². The Morgan fingerprint density at radius 1 is 1.00 bits per heavy atom. The lowest BCUT2D eigenvalue weighted by Gasteiger charge is -2.36. The topological polar surface area (TPSA) is 52.7 Å². The van der Waals surface area contributed by atoms with Crippen LogP contribution >= 0.6 is 27.5 Å². The van der Waals surface area contributed by atoms with Gasteiger partial charge in [0.2, 0.25) is 0 Å². The van der Waals surface area contributed by atoms with Gasteiger partial charge in [-0.25, -0.2) is 0 Å². The molecule has 0 radical (unpaired) electrons. The van der Waals surface area contributed by atoms with Gasteiger partial charge in [-0.1, -0.05) is 27.5 Å². The predicted octanol–water partition coefficient (Wildman–Crippen LogP) is 4.57. The Balaban J connectivity index is 1.64. The minimum atomic E-state index is -4.87. The Hall–Kier alpha value is -2.26. The van der Waals surface area contributed by atoms with Crippen LogP contribution in [-0.4, -0.2) is 49.1 Å². The van der Waals surface area contributed by atoms with Gasteiger partial charge in [-0.05, 0) is 42.5 Å². The maximum atomic E-state index is 12.5. The van der Waals surface area contributed by atoms with Gasteiger partial charge < -0.3 is 15.1 Å². The highest BCUT2D eigenvalue weighted by atomic mass is 79.9. The van der Waals surface area contributed by atoms with Crippen molar-refractivity contribution in [2.24, 2.45) is 0 Å². The molecule has 5 nitrogen and oxygen atoms in total. The summed E-state index contributed by atoms with van der Waals surface area (Å²) in [6.45, 7) is 0.367. The van der Waals surface area contributed by atoms with Crippen molar-refractivity contribution in [1.29, 1.82) is 0 Å². The van der Waals surface area contributed by atoms with Gasteiger partial charge in [0.15, 0.2) is 0 Å². The Kier molecular flexibility index (Phi) is 6.38. The summed E-state index contributed by atoms with van der Waals surface area (Å²) in [6.07, 6.45) is -4.87. The average Bonchev–Trinajstić information content (AvgIpc) is 2.67. The van der Waals surface area contributed by atoms with Crippen molar-refractivity contribution >= 4 is 50.7 Å². The third-order valence-electron chi connectivity index (χ3n) is 4.46. The first kappa shape index (κ1) is 21.4. The largest absolute Gasteiger partial charge is 0.471 e. The van der Waals surface area contributed by atoms with E-state index < -0.39 is 12.1 Å². The van der Waals surface area contributed by atoms with Crippen LogP contribution in [0.5, 0.6) is 0 Å². The lowest BCUT2D eigenvalue weighted by atomic mass is 10.2. The Morgan fingerprint density at radius 2 is 1.62 bits per heavy atom. The molecule has 0 spiro atoms. The SMILES string of the molecule is O=C(Nc1ccc(N2CCN(C(=O)C(F)(F)F)CC2)c(Cl)c1)c1ccc(Br)cc1. The Morgan fingerprint density at radius 3 is 2.17 bits per heavy atom. The Bertz CT molecular complexity index is 914. The molecule has 0 bridgehead atoms. The number of halogens is 5. The fourth-order valence-corrected chi connectivity index (χ4v) is 3.54. The van der Waals surface area contributed by atoms with Gasteiger partial charge in [0.05, 0.1) is 10.7 Å². The van der Waals surface area contributed by atoms with E-state index in [-0.39, 0.29) is 32.1 Å². The van der Waals surface area contributed by atoms with Crippen LogP contribution < -0.4 is 10.2 Å². The molecule has 1 fully saturated rings. The summed E-state index contributed by atoms with van der Waals surface area (Å²) >= 11 is 9.63. The molecule has 1 N–H and O–H groups in total. The summed E-state index contributed by atoms with van der Waals surface area (Å²) in [5, 5.41) is 3.11. The van der Waals surface area contributed by atoms with E-state index in [1.54, 1.807) is 42.5 Å². The first-order valence-corrected chi connectivity index (χ1v) is 9.80. The van der Waals surface area contributed by atoms with Crippen molar-refractivity contribution in [2.45, 2.75) is 6.18 Å². The molecule has 0 saturated carbocycles. The van der Waals surface area contributed by atoms with Crippen LogP contribution in [0.1, 0.15) is 10.4 Å². The maximum absolute atomic E-state index is 12.5. The maximum Gasteiger partial charge on any atom is 0.471 e. The van der Waals surface area contributed by atoms with E-state index in [0.717, 1.165) is 9.37 Å². The molecule has 2 aromatic rings. The molecule has 29 heavy (non-hydrogen) atoms. The van der Waals surface area contributed by atoms with Crippen LogP contribution in [0.3, 0.4) is 0 Å². The van der Waals surface area contributed by atoms with E-state index in [4.69, 9.17) is 11.6 Å². The summed E-state index contributed by atoms with van der Waals surface area (Å²) < 4.78 is 38.5. The summed E-state index contributed by atoms with van der Waals surface area (Å²) in [7, 11) is 0. The lowest BCUT2D eigenvalue weighted by Crippen LogP contribution is -2.52. The van der Waals surface area contributed by atoms with Crippen LogP contribution in [0, 0.1) is 0 Å². The zero-order valence-electron chi connectivity index (χ0n) is 15.0. The zero-order valence-corrected chi connectivity index (χ0v) is 17.3. The van der Waals surface area contributed by atoms with Crippen LogP contribution in [0.15, 0.2) is 46.9 Å². The number of carbonyl (C=O) groups excluding carboxylic acids is 2. The monoisotopic (exact) mass is 489 g/mol. The highest BCUT2D eigenvalue weighted by Crippen LogP contribution is 2.30. The molecular formula is C19H16BrClF3N3O2. The normalized spacial score (nSPS) is 14.7. The number of rotatable bonds is 3. The molecule has 0 unspecified atom stereocenters.